The number of halogens is 2. The van der Waals surface area contributed by atoms with Gasteiger partial charge in [0.05, 0.1) is 5.69 Å². The maximum Gasteiger partial charge on any atom is 0.335 e. The van der Waals surface area contributed by atoms with E-state index in [2.05, 4.69) is 21.2 Å². The van der Waals surface area contributed by atoms with Crippen LogP contribution >= 0.6 is 15.9 Å². The molecule has 0 bridgehead atoms. The van der Waals surface area contributed by atoms with Crippen molar-refractivity contribution in [2.45, 2.75) is 6.61 Å². The molecule has 1 aliphatic heterocycles. The number of carbonyl (C=O) groups is 3. The van der Waals surface area contributed by atoms with Gasteiger partial charge < -0.3 is 4.74 Å². The molecule has 3 aromatic rings. The van der Waals surface area contributed by atoms with Crippen molar-refractivity contribution in [3.05, 3.63) is 99.8 Å². The van der Waals surface area contributed by atoms with E-state index in [0.717, 1.165) is 22.6 Å². The largest absolute Gasteiger partial charge is 0.488 e. The highest BCUT2D eigenvalue weighted by molar-refractivity contribution is 9.10. The topological polar surface area (TPSA) is 75.7 Å². The van der Waals surface area contributed by atoms with E-state index in [9.17, 15) is 18.8 Å². The van der Waals surface area contributed by atoms with E-state index in [4.69, 9.17) is 4.74 Å². The molecule has 32 heavy (non-hydrogen) atoms. The lowest BCUT2D eigenvalue weighted by molar-refractivity contribution is -0.122. The van der Waals surface area contributed by atoms with Gasteiger partial charge in [-0.3, -0.25) is 14.9 Å². The van der Waals surface area contributed by atoms with Gasteiger partial charge in [-0.1, -0.05) is 46.3 Å². The molecule has 3 aromatic carbocycles. The molecule has 1 saturated heterocycles. The summed E-state index contributed by atoms with van der Waals surface area (Å²) in [5.41, 5.74) is 1.31. The summed E-state index contributed by atoms with van der Waals surface area (Å²) in [6.07, 6.45) is 1.37. The highest BCUT2D eigenvalue weighted by Crippen LogP contribution is 2.28. The monoisotopic (exact) mass is 494 g/mol. The van der Waals surface area contributed by atoms with E-state index in [-0.39, 0.29) is 11.3 Å². The molecule has 0 atom stereocenters. The first-order valence-electron chi connectivity index (χ1n) is 9.55. The molecule has 4 rings (SSSR count). The summed E-state index contributed by atoms with van der Waals surface area (Å²) in [7, 11) is 0. The first kappa shape index (κ1) is 21.5. The minimum Gasteiger partial charge on any atom is -0.488 e. The Balaban J connectivity index is 1.67. The number of anilines is 1. The molecule has 6 nitrogen and oxygen atoms in total. The highest BCUT2D eigenvalue weighted by atomic mass is 79.9. The number of carbonyl (C=O) groups excluding carboxylic acids is 3. The molecular formula is C24H16BrFN2O4. The van der Waals surface area contributed by atoms with E-state index in [1.165, 1.54) is 18.2 Å². The van der Waals surface area contributed by atoms with Gasteiger partial charge in [0.25, 0.3) is 11.8 Å². The number of nitrogens with zero attached hydrogens (tertiary/aromatic N) is 1. The van der Waals surface area contributed by atoms with Crippen molar-refractivity contribution in [2.24, 2.45) is 0 Å². The van der Waals surface area contributed by atoms with Gasteiger partial charge in [-0.2, -0.15) is 0 Å². The number of barbiturate groups is 1. The molecule has 0 radical (unpaired) electrons. The summed E-state index contributed by atoms with van der Waals surface area (Å²) in [5, 5.41) is 2.15. The minimum atomic E-state index is -0.904. The molecule has 0 spiro atoms. The van der Waals surface area contributed by atoms with E-state index < -0.39 is 23.7 Å². The Morgan fingerprint density at radius 3 is 2.41 bits per heavy atom. The van der Waals surface area contributed by atoms with Gasteiger partial charge in [-0.25, -0.2) is 14.1 Å². The number of hydrogen-bond donors (Lipinski definition) is 1. The van der Waals surface area contributed by atoms with Crippen LogP contribution in [0.1, 0.15) is 11.1 Å². The average molecular weight is 495 g/mol. The minimum absolute atomic E-state index is 0.141. The molecule has 1 aliphatic rings. The van der Waals surface area contributed by atoms with Crippen molar-refractivity contribution >= 4 is 45.5 Å². The summed E-state index contributed by atoms with van der Waals surface area (Å²) < 4.78 is 19.9. The number of nitrogens with one attached hydrogen (secondary N) is 1. The number of amides is 4. The normalized spacial score (nSPS) is 15.1. The Hall–Kier alpha value is -3.78. The smallest absolute Gasteiger partial charge is 0.335 e. The number of benzene rings is 3. The second-order valence-electron chi connectivity index (χ2n) is 6.89. The maximum absolute atomic E-state index is 13.3. The highest BCUT2D eigenvalue weighted by Gasteiger charge is 2.37. The maximum atomic E-state index is 13.3. The van der Waals surface area contributed by atoms with Gasteiger partial charge in [-0.15, -0.1) is 0 Å². The van der Waals surface area contributed by atoms with E-state index in [0.29, 0.717) is 22.4 Å². The molecule has 1 fully saturated rings. The molecule has 0 aromatic heterocycles. The molecule has 160 valence electrons. The number of imide groups is 2. The van der Waals surface area contributed by atoms with Crippen LogP contribution in [0, 0.1) is 5.82 Å². The van der Waals surface area contributed by atoms with Crippen molar-refractivity contribution in [3.63, 3.8) is 0 Å². The molecule has 0 aliphatic carbocycles. The lowest BCUT2D eigenvalue weighted by atomic mass is 10.1. The van der Waals surface area contributed by atoms with Crippen molar-refractivity contribution in [1.29, 1.82) is 0 Å². The molecule has 4 amide bonds. The van der Waals surface area contributed by atoms with E-state index >= 15 is 0 Å². The van der Waals surface area contributed by atoms with Gasteiger partial charge >= 0.3 is 6.03 Å². The lowest BCUT2D eigenvalue weighted by Crippen LogP contribution is -2.54. The molecule has 8 heteroatoms. The number of rotatable bonds is 5. The van der Waals surface area contributed by atoms with Crippen LogP contribution in [-0.2, 0) is 16.2 Å². The van der Waals surface area contributed by atoms with Crippen molar-refractivity contribution < 1.29 is 23.5 Å². The Morgan fingerprint density at radius 2 is 1.69 bits per heavy atom. The van der Waals surface area contributed by atoms with Crippen molar-refractivity contribution in [2.75, 3.05) is 4.90 Å². The molecular weight excluding hydrogens is 479 g/mol. The van der Waals surface area contributed by atoms with Crippen LogP contribution in [0.2, 0.25) is 0 Å². The lowest BCUT2D eigenvalue weighted by Gasteiger charge is -2.26. The van der Waals surface area contributed by atoms with Crippen LogP contribution in [0.25, 0.3) is 6.08 Å². The molecule has 0 unspecified atom stereocenters. The third-order valence-corrected chi connectivity index (χ3v) is 5.19. The van der Waals surface area contributed by atoms with Crippen LogP contribution in [0.4, 0.5) is 14.9 Å². The molecule has 1 heterocycles. The predicted octanol–water partition coefficient (Wildman–Crippen LogP) is 4.83. The zero-order valence-corrected chi connectivity index (χ0v) is 18.1. The Labute approximate surface area is 191 Å². The number of urea groups is 1. The zero-order valence-electron chi connectivity index (χ0n) is 16.5. The predicted molar refractivity (Wildman–Crippen MR) is 120 cm³/mol. The second kappa shape index (κ2) is 9.15. The Kier molecular flexibility index (Phi) is 6.13. The van der Waals surface area contributed by atoms with Crippen LogP contribution in [0.3, 0.4) is 0 Å². The summed E-state index contributed by atoms with van der Waals surface area (Å²) >= 11 is 3.38. The van der Waals surface area contributed by atoms with E-state index in [1.807, 2.05) is 30.3 Å². The summed E-state index contributed by atoms with van der Waals surface area (Å²) in [5.74, 6) is -1.71. The summed E-state index contributed by atoms with van der Waals surface area (Å²) in [6, 6.07) is 18.6. The van der Waals surface area contributed by atoms with Crippen molar-refractivity contribution in [3.8, 4) is 5.75 Å². The van der Waals surface area contributed by atoms with Gasteiger partial charge in [0.15, 0.2) is 0 Å². The standard InChI is InChI=1S/C24H16BrFN2O4/c25-17-6-11-21(32-14-15-4-2-1-3-5-15)16(12-17)13-20-22(29)27-24(31)28(23(20)30)19-9-7-18(26)8-10-19/h1-13H,14H2,(H,27,29,31)/b20-13+. The third kappa shape index (κ3) is 4.60. The molecule has 0 saturated carbocycles. The zero-order chi connectivity index (χ0) is 22.7. The third-order valence-electron chi connectivity index (χ3n) is 4.70. The fourth-order valence-corrected chi connectivity index (χ4v) is 3.52. The van der Waals surface area contributed by atoms with E-state index in [1.54, 1.807) is 18.2 Å². The first-order valence-corrected chi connectivity index (χ1v) is 10.3. The van der Waals surface area contributed by atoms with Crippen LogP contribution in [-0.4, -0.2) is 17.8 Å². The Morgan fingerprint density at radius 1 is 0.969 bits per heavy atom. The summed E-state index contributed by atoms with van der Waals surface area (Å²) in [6.45, 7) is 0.291. The fraction of sp³-hybridized carbons (Fsp3) is 0.0417. The Bertz CT molecular complexity index is 1230. The first-order chi connectivity index (χ1) is 15.4. The van der Waals surface area contributed by atoms with Crippen LogP contribution < -0.4 is 15.0 Å². The van der Waals surface area contributed by atoms with Gasteiger partial charge in [0, 0.05) is 10.0 Å². The quantitative estimate of drug-likeness (QED) is 0.407. The number of hydrogen-bond acceptors (Lipinski definition) is 4. The SMILES string of the molecule is O=C1NC(=O)N(c2ccc(F)cc2)C(=O)/C1=C/c1cc(Br)ccc1OCc1ccccc1. The van der Waals surface area contributed by atoms with Crippen LogP contribution in [0.15, 0.2) is 82.8 Å². The fourth-order valence-electron chi connectivity index (χ4n) is 3.14. The van der Waals surface area contributed by atoms with Crippen LogP contribution in [0.5, 0.6) is 5.75 Å². The second-order valence-corrected chi connectivity index (χ2v) is 7.81. The summed E-state index contributed by atoms with van der Waals surface area (Å²) in [4.78, 5) is 38.6. The number of ether oxygens (including phenoxy) is 1. The molecule has 1 N–H and O–H groups in total. The van der Waals surface area contributed by atoms with Crippen molar-refractivity contribution in [1.82, 2.24) is 5.32 Å². The van der Waals surface area contributed by atoms with Gasteiger partial charge in [-0.05, 0) is 54.1 Å². The van der Waals surface area contributed by atoms with Gasteiger partial charge in [0.1, 0.15) is 23.7 Å². The average Bonchev–Trinajstić information content (AvgIpc) is 2.78. The van der Waals surface area contributed by atoms with Gasteiger partial charge in [0.2, 0.25) is 0 Å².